The number of nitrogens with zero attached hydrogens (tertiary/aromatic N) is 1. The second-order valence-corrected chi connectivity index (χ2v) is 6.66. The molecular formula is C11H27N3O3S. The molecule has 0 bridgehead atoms. The highest BCUT2D eigenvalue weighted by molar-refractivity contribution is 7.87. The van der Waals surface area contributed by atoms with Crippen LogP contribution in [0.3, 0.4) is 0 Å². The zero-order valence-electron chi connectivity index (χ0n) is 12.1. The monoisotopic (exact) mass is 281 g/mol. The smallest absolute Gasteiger partial charge is 0.279 e. The van der Waals surface area contributed by atoms with Crippen molar-refractivity contribution in [2.24, 2.45) is 0 Å². The molecule has 0 aromatic rings. The summed E-state index contributed by atoms with van der Waals surface area (Å²) in [5, 5.41) is 2.99. The maximum Gasteiger partial charge on any atom is 0.279 e. The summed E-state index contributed by atoms with van der Waals surface area (Å²) in [7, 11) is 0.00298. The van der Waals surface area contributed by atoms with Gasteiger partial charge in [-0.05, 0) is 40.8 Å². The molecule has 0 aliphatic carbocycles. The zero-order valence-corrected chi connectivity index (χ0v) is 12.9. The lowest BCUT2D eigenvalue weighted by Crippen LogP contribution is -2.46. The Bertz CT molecular complexity index is 317. The van der Waals surface area contributed by atoms with Crippen molar-refractivity contribution in [1.29, 1.82) is 0 Å². The molecule has 7 heteroatoms. The van der Waals surface area contributed by atoms with Crippen molar-refractivity contribution < 1.29 is 13.2 Å². The lowest BCUT2D eigenvalue weighted by atomic mass is 10.1. The van der Waals surface area contributed by atoms with E-state index in [1.54, 1.807) is 7.05 Å². The van der Waals surface area contributed by atoms with Crippen molar-refractivity contribution >= 4 is 10.2 Å². The van der Waals surface area contributed by atoms with Gasteiger partial charge in [0, 0.05) is 26.7 Å². The van der Waals surface area contributed by atoms with E-state index in [0.717, 1.165) is 13.0 Å². The fraction of sp³-hybridized carbons (Fsp3) is 1.00. The molecule has 110 valence electrons. The minimum Gasteiger partial charge on any atom is -0.374 e. The number of hydrogen-bond donors (Lipinski definition) is 2. The second-order valence-electron chi connectivity index (χ2n) is 4.80. The highest BCUT2D eigenvalue weighted by Gasteiger charge is 2.23. The quantitative estimate of drug-likeness (QED) is 0.560. The Balaban J connectivity index is 4.21. The first-order valence-electron chi connectivity index (χ1n) is 6.24. The lowest BCUT2D eigenvalue weighted by molar-refractivity contribution is -0.00535. The zero-order chi connectivity index (χ0) is 14.2. The number of nitrogens with one attached hydrogen (secondary N) is 2. The molecule has 0 spiro atoms. The largest absolute Gasteiger partial charge is 0.374 e. The van der Waals surface area contributed by atoms with E-state index in [-0.39, 0.29) is 6.54 Å². The van der Waals surface area contributed by atoms with Crippen LogP contribution in [0.5, 0.6) is 0 Å². The summed E-state index contributed by atoms with van der Waals surface area (Å²) in [6.07, 6.45) is 0.781. The van der Waals surface area contributed by atoms with Crippen LogP contribution in [0.1, 0.15) is 27.2 Å². The average Bonchev–Trinajstić information content (AvgIpc) is 2.27. The van der Waals surface area contributed by atoms with Gasteiger partial charge in [-0.15, -0.1) is 0 Å². The van der Waals surface area contributed by atoms with E-state index < -0.39 is 15.8 Å². The summed E-state index contributed by atoms with van der Waals surface area (Å²) in [6, 6.07) is 0. The molecular weight excluding hydrogens is 254 g/mol. The maximum absolute atomic E-state index is 11.9. The van der Waals surface area contributed by atoms with Gasteiger partial charge in [0.15, 0.2) is 0 Å². The van der Waals surface area contributed by atoms with Crippen molar-refractivity contribution in [2.45, 2.75) is 32.8 Å². The Morgan fingerprint density at radius 1 is 1.33 bits per heavy atom. The molecule has 0 saturated heterocycles. The van der Waals surface area contributed by atoms with Crippen LogP contribution in [0.25, 0.3) is 0 Å². The van der Waals surface area contributed by atoms with E-state index in [2.05, 4.69) is 10.0 Å². The van der Waals surface area contributed by atoms with Crippen LogP contribution in [-0.4, -0.2) is 58.7 Å². The van der Waals surface area contributed by atoms with Gasteiger partial charge in [-0.25, -0.2) is 0 Å². The van der Waals surface area contributed by atoms with E-state index in [9.17, 15) is 8.42 Å². The summed E-state index contributed by atoms with van der Waals surface area (Å²) in [5.74, 6) is 0. The first-order chi connectivity index (χ1) is 8.25. The average molecular weight is 281 g/mol. The summed E-state index contributed by atoms with van der Waals surface area (Å²) in [6.45, 7) is 7.72. The molecule has 0 aliphatic rings. The van der Waals surface area contributed by atoms with Gasteiger partial charge in [-0.3, -0.25) is 0 Å². The molecule has 0 unspecified atom stereocenters. The van der Waals surface area contributed by atoms with Crippen molar-refractivity contribution in [1.82, 2.24) is 14.3 Å². The minimum absolute atomic E-state index is 0.263. The normalized spacial score (nSPS) is 13.2. The highest BCUT2D eigenvalue weighted by Crippen LogP contribution is 2.08. The van der Waals surface area contributed by atoms with Crippen LogP contribution in [0, 0.1) is 0 Å². The Kier molecular flexibility index (Phi) is 7.97. The van der Waals surface area contributed by atoms with Crippen molar-refractivity contribution in [3.05, 3.63) is 0 Å². The minimum atomic E-state index is -3.42. The third kappa shape index (κ3) is 7.27. The van der Waals surface area contributed by atoms with Gasteiger partial charge in [0.05, 0.1) is 5.60 Å². The molecule has 0 saturated carbocycles. The van der Waals surface area contributed by atoms with Gasteiger partial charge in [0.2, 0.25) is 0 Å². The molecule has 2 N–H and O–H groups in total. The van der Waals surface area contributed by atoms with Gasteiger partial charge >= 0.3 is 0 Å². The van der Waals surface area contributed by atoms with Crippen LogP contribution in [0.15, 0.2) is 0 Å². The van der Waals surface area contributed by atoms with Crippen molar-refractivity contribution in [2.75, 3.05) is 40.3 Å². The van der Waals surface area contributed by atoms with Crippen LogP contribution in [-0.2, 0) is 14.9 Å². The SMILES string of the molecule is CCOC(C)(C)CNS(=O)(=O)N(C)CCCNC. The Labute approximate surface area is 111 Å². The molecule has 0 aromatic heterocycles. The van der Waals surface area contributed by atoms with Gasteiger partial charge in [0.1, 0.15) is 0 Å². The summed E-state index contributed by atoms with van der Waals surface area (Å²) in [4.78, 5) is 0. The number of hydrogen-bond acceptors (Lipinski definition) is 4. The molecule has 18 heavy (non-hydrogen) atoms. The van der Waals surface area contributed by atoms with E-state index in [0.29, 0.717) is 13.2 Å². The molecule has 0 atom stereocenters. The van der Waals surface area contributed by atoms with Crippen LogP contribution < -0.4 is 10.0 Å². The van der Waals surface area contributed by atoms with Gasteiger partial charge in [-0.2, -0.15) is 17.4 Å². The number of rotatable bonds is 10. The lowest BCUT2D eigenvalue weighted by Gasteiger charge is -2.26. The van der Waals surface area contributed by atoms with Crippen LogP contribution in [0.2, 0.25) is 0 Å². The first-order valence-corrected chi connectivity index (χ1v) is 7.68. The second kappa shape index (κ2) is 8.06. The molecule has 0 heterocycles. The summed E-state index contributed by atoms with van der Waals surface area (Å²) >= 11 is 0. The van der Waals surface area contributed by atoms with Gasteiger partial charge in [0.25, 0.3) is 10.2 Å². The Morgan fingerprint density at radius 2 is 1.94 bits per heavy atom. The molecule has 0 rings (SSSR count). The van der Waals surface area contributed by atoms with E-state index in [1.165, 1.54) is 4.31 Å². The van der Waals surface area contributed by atoms with Gasteiger partial charge in [-0.1, -0.05) is 0 Å². The molecule has 0 radical (unpaired) electrons. The van der Waals surface area contributed by atoms with Crippen LogP contribution >= 0.6 is 0 Å². The molecule has 0 amide bonds. The highest BCUT2D eigenvalue weighted by atomic mass is 32.2. The molecule has 0 fully saturated rings. The van der Waals surface area contributed by atoms with E-state index >= 15 is 0 Å². The predicted octanol–water partition coefficient (Wildman–Crippen LogP) is 0.177. The van der Waals surface area contributed by atoms with Crippen LogP contribution in [0.4, 0.5) is 0 Å². The molecule has 6 nitrogen and oxygen atoms in total. The fourth-order valence-corrected chi connectivity index (χ4v) is 2.54. The summed E-state index contributed by atoms with van der Waals surface area (Å²) < 4.78 is 33.2. The predicted molar refractivity (Wildman–Crippen MR) is 73.8 cm³/mol. The van der Waals surface area contributed by atoms with E-state index in [4.69, 9.17) is 4.74 Å². The maximum atomic E-state index is 11.9. The van der Waals surface area contributed by atoms with Crippen molar-refractivity contribution in [3.8, 4) is 0 Å². The fourth-order valence-electron chi connectivity index (χ4n) is 1.42. The topological polar surface area (TPSA) is 70.7 Å². The Morgan fingerprint density at radius 3 is 2.44 bits per heavy atom. The third-order valence-corrected chi connectivity index (χ3v) is 4.04. The Hall–Kier alpha value is -0.210. The summed E-state index contributed by atoms with van der Waals surface area (Å²) in [5.41, 5.74) is -0.492. The van der Waals surface area contributed by atoms with Gasteiger partial charge < -0.3 is 10.1 Å². The number of ether oxygens (including phenoxy) is 1. The van der Waals surface area contributed by atoms with E-state index in [1.807, 2.05) is 27.8 Å². The molecule has 0 aromatic carbocycles. The first kappa shape index (κ1) is 17.8. The molecule has 0 aliphatic heterocycles. The third-order valence-electron chi connectivity index (χ3n) is 2.53. The standard InChI is InChI=1S/C11H27N3O3S/c1-6-17-11(2,3)10-13-18(15,16)14(5)9-7-8-12-4/h12-13H,6-10H2,1-5H3. The van der Waals surface area contributed by atoms with Crippen molar-refractivity contribution in [3.63, 3.8) is 0 Å².